The van der Waals surface area contributed by atoms with Crippen molar-refractivity contribution in [1.82, 2.24) is 5.32 Å². The molecule has 1 heterocycles. The molecule has 1 nitrogen and oxygen atoms in total. The van der Waals surface area contributed by atoms with Gasteiger partial charge in [0.15, 0.2) is 0 Å². The Morgan fingerprint density at radius 3 is 2.86 bits per heavy atom. The highest BCUT2D eigenvalue weighted by Crippen LogP contribution is 2.12. The highest BCUT2D eigenvalue weighted by Gasteiger charge is 2.04. The molecule has 80 valence electrons. The van der Waals surface area contributed by atoms with Gasteiger partial charge < -0.3 is 5.32 Å². The summed E-state index contributed by atoms with van der Waals surface area (Å²) in [6.07, 6.45) is 4.98. The van der Waals surface area contributed by atoms with E-state index < -0.39 is 0 Å². The van der Waals surface area contributed by atoms with Gasteiger partial charge in [0.1, 0.15) is 0 Å². The maximum absolute atomic E-state index is 3.59. The van der Waals surface area contributed by atoms with Crippen molar-refractivity contribution in [2.45, 2.75) is 45.6 Å². The second-order valence-corrected chi connectivity index (χ2v) is 4.71. The summed E-state index contributed by atoms with van der Waals surface area (Å²) in [5.74, 6) is 0. The molecule has 1 unspecified atom stereocenters. The highest BCUT2D eigenvalue weighted by molar-refractivity contribution is 7.09. The topological polar surface area (TPSA) is 12.0 Å². The number of hydrogen-bond acceptors (Lipinski definition) is 2. The van der Waals surface area contributed by atoms with E-state index in [9.17, 15) is 0 Å². The van der Waals surface area contributed by atoms with Crippen LogP contribution in [-0.2, 0) is 6.42 Å². The van der Waals surface area contributed by atoms with E-state index in [-0.39, 0.29) is 0 Å². The summed E-state index contributed by atoms with van der Waals surface area (Å²) in [7, 11) is 0. The van der Waals surface area contributed by atoms with E-state index in [1.54, 1.807) is 0 Å². The van der Waals surface area contributed by atoms with E-state index in [2.05, 4.69) is 36.7 Å². The van der Waals surface area contributed by atoms with Crippen LogP contribution in [-0.4, -0.2) is 12.6 Å². The highest BCUT2D eigenvalue weighted by atomic mass is 32.1. The van der Waals surface area contributed by atoms with Crippen LogP contribution in [0.5, 0.6) is 0 Å². The molecule has 0 saturated carbocycles. The standard InChI is InChI=1S/C12H21NS/c1-3-9-13-11(4-2)7-8-12-6-5-10-14-12/h5-6,10-11,13H,3-4,7-9H2,1-2H3. The average molecular weight is 211 g/mol. The minimum Gasteiger partial charge on any atom is -0.314 e. The molecular weight excluding hydrogens is 190 g/mol. The van der Waals surface area contributed by atoms with Crippen LogP contribution in [0.1, 0.15) is 38.0 Å². The van der Waals surface area contributed by atoms with Crippen molar-refractivity contribution in [2.24, 2.45) is 0 Å². The quantitative estimate of drug-likeness (QED) is 0.728. The maximum atomic E-state index is 3.59. The molecule has 1 rings (SSSR count). The molecule has 1 aromatic rings. The Hall–Kier alpha value is -0.340. The normalized spacial score (nSPS) is 13.0. The monoisotopic (exact) mass is 211 g/mol. The molecule has 1 aromatic heterocycles. The first kappa shape index (κ1) is 11.7. The van der Waals surface area contributed by atoms with Gasteiger partial charge in [-0.05, 0) is 43.7 Å². The van der Waals surface area contributed by atoms with E-state index in [0.717, 1.165) is 6.54 Å². The van der Waals surface area contributed by atoms with Crippen molar-refractivity contribution in [1.29, 1.82) is 0 Å². The van der Waals surface area contributed by atoms with Crippen molar-refractivity contribution in [3.63, 3.8) is 0 Å². The van der Waals surface area contributed by atoms with Gasteiger partial charge in [0.25, 0.3) is 0 Å². The number of thiophene rings is 1. The van der Waals surface area contributed by atoms with E-state index in [1.165, 1.54) is 30.6 Å². The first-order chi connectivity index (χ1) is 6.86. The fraction of sp³-hybridized carbons (Fsp3) is 0.667. The lowest BCUT2D eigenvalue weighted by Gasteiger charge is -2.15. The van der Waals surface area contributed by atoms with Crippen molar-refractivity contribution < 1.29 is 0 Å². The molecule has 0 spiro atoms. The average Bonchev–Trinajstić information content (AvgIpc) is 2.71. The lowest BCUT2D eigenvalue weighted by molar-refractivity contribution is 0.469. The van der Waals surface area contributed by atoms with Crippen LogP contribution in [0.15, 0.2) is 17.5 Å². The van der Waals surface area contributed by atoms with Gasteiger partial charge in [-0.2, -0.15) is 0 Å². The van der Waals surface area contributed by atoms with Gasteiger partial charge in [0.2, 0.25) is 0 Å². The number of hydrogen-bond donors (Lipinski definition) is 1. The SMILES string of the molecule is CCCNC(CC)CCc1cccs1. The summed E-state index contributed by atoms with van der Waals surface area (Å²) in [4.78, 5) is 1.52. The zero-order valence-corrected chi connectivity index (χ0v) is 10.1. The second kappa shape index (κ2) is 7.02. The van der Waals surface area contributed by atoms with Crippen molar-refractivity contribution >= 4 is 11.3 Å². The number of rotatable bonds is 7. The minimum absolute atomic E-state index is 0.706. The molecule has 0 aliphatic rings. The molecule has 0 aliphatic heterocycles. The predicted octanol–water partition coefficient (Wildman–Crippen LogP) is 3.46. The Balaban J connectivity index is 2.20. The number of aryl methyl sites for hydroxylation is 1. The largest absolute Gasteiger partial charge is 0.314 e. The Morgan fingerprint density at radius 2 is 2.29 bits per heavy atom. The van der Waals surface area contributed by atoms with Crippen molar-refractivity contribution in [3.8, 4) is 0 Å². The fourth-order valence-electron chi connectivity index (χ4n) is 1.57. The van der Waals surface area contributed by atoms with Gasteiger partial charge in [0, 0.05) is 10.9 Å². The molecule has 0 amide bonds. The molecular formula is C12H21NS. The van der Waals surface area contributed by atoms with Crippen LogP contribution in [0.3, 0.4) is 0 Å². The van der Waals surface area contributed by atoms with Gasteiger partial charge in [-0.15, -0.1) is 11.3 Å². The maximum Gasteiger partial charge on any atom is 0.00678 e. The summed E-state index contributed by atoms with van der Waals surface area (Å²) >= 11 is 1.87. The second-order valence-electron chi connectivity index (χ2n) is 3.68. The Labute approximate surface area is 91.5 Å². The predicted molar refractivity (Wildman–Crippen MR) is 65.0 cm³/mol. The van der Waals surface area contributed by atoms with E-state index in [0.29, 0.717) is 6.04 Å². The van der Waals surface area contributed by atoms with Gasteiger partial charge in [-0.3, -0.25) is 0 Å². The van der Waals surface area contributed by atoms with Gasteiger partial charge >= 0.3 is 0 Å². The van der Waals surface area contributed by atoms with Crippen LogP contribution < -0.4 is 5.32 Å². The molecule has 0 fully saturated rings. The fourth-order valence-corrected chi connectivity index (χ4v) is 2.30. The van der Waals surface area contributed by atoms with Crippen molar-refractivity contribution in [3.05, 3.63) is 22.4 Å². The van der Waals surface area contributed by atoms with E-state index in [4.69, 9.17) is 0 Å². The molecule has 0 bridgehead atoms. The zero-order valence-electron chi connectivity index (χ0n) is 9.25. The van der Waals surface area contributed by atoms with E-state index in [1.807, 2.05) is 11.3 Å². The van der Waals surface area contributed by atoms with Crippen LogP contribution in [0, 0.1) is 0 Å². The molecule has 1 N–H and O–H groups in total. The Morgan fingerprint density at radius 1 is 1.43 bits per heavy atom. The molecule has 1 atom stereocenters. The van der Waals surface area contributed by atoms with Crippen LogP contribution in [0.2, 0.25) is 0 Å². The molecule has 0 aromatic carbocycles. The summed E-state index contributed by atoms with van der Waals surface area (Å²) < 4.78 is 0. The van der Waals surface area contributed by atoms with Crippen molar-refractivity contribution in [2.75, 3.05) is 6.54 Å². The van der Waals surface area contributed by atoms with Gasteiger partial charge in [-0.25, -0.2) is 0 Å². The molecule has 2 heteroatoms. The minimum atomic E-state index is 0.706. The third-order valence-electron chi connectivity index (χ3n) is 2.50. The third-order valence-corrected chi connectivity index (χ3v) is 3.43. The van der Waals surface area contributed by atoms with Crippen LogP contribution >= 0.6 is 11.3 Å². The first-order valence-electron chi connectivity index (χ1n) is 5.62. The summed E-state index contributed by atoms with van der Waals surface area (Å²) in [5, 5.41) is 5.75. The first-order valence-corrected chi connectivity index (χ1v) is 6.50. The summed E-state index contributed by atoms with van der Waals surface area (Å²) in [6.45, 7) is 5.64. The van der Waals surface area contributed by atoms with Gasteiger partial charge in [-0.1, -0.05) is 19.9 Å². The third kappa shape index (κ3) is 4.25. The smallest absolute Gasteiger partial charge is 0.00678 e. The van der Waals surface area contributed by atoms with Crippen LogP contribution in [0.4, 0.5) is 0 Å². The Kier molecular flexibility index (Phi) is 5.88. The summed E-state index contributed by atoms with van der Waals surface area (Å²) in [6, 6.07) is 5.08. The van der Waals surface area contributed by atoms with Crippen LogP contribution in [0.25, 0.3) is 0 Å². The lowest BCUT2D eigenvalue weighted by atomic mass is 10.1. The Bertz CT molecular complexity index is 218. The molecule has 0 aliphatic carbocycles. The number of nitrogens with one attached hydrogen (secondary N) is 1. The van der Waals surface area contributed by atoms with E-state index >= 15 is 0 Å². The molecule has 0 saturated heterocycles. The zero-order chi connectivity index (χ0) is 10.2. The molecule has 14 heavy (non-hydrogen) atoms. The lowest BCUT2D eigenvalue weighted by Crippen LogP contribution is -2.29. The van der Waals surface area contributed by atoms with Gasteiger partial charge in [0.05, 0.1) is 0 Å². The molecule has 0 radical (unpaired) electrons. The summed E-state index contributed by atoms with van der Waals surface area (Å²) in [5.41, 5.74) is 0.